The first-order valence-electron chi connectivity index (χ1n) is 4.03. The highest BCUT2D eigenvalue weighted by molar-refractivity contribution is 6.02. The fraction of sp³-hybridized carbons (Fsp3) is 0.750. The standard InChI is InChI=1S/C8H14O5/c1-4-12-6(9)8(3,11)7(10)13-5-2/h11H,4-5H2,1-3H3. The van der Waals surface area contributed by atoms with Crippen molar-refractivity contribution in [2.75, 3.05) is 13.2 Å². The Kier molecular flexibility index (Phi) is 4.40. The molecular formula is C8H14O5. The summed E-state index contributed by atoms with van der Waals surface area (Å²) in [6, 6.07) is 0. The molecule has 0 radical (unpaired) electrons. The number of esters is 2. The van der Waals surface area contributed by atoms with E-state index in [1.54, 1.807) is 13.8 Å². The maximum Gasteiger partial charge on any atom is 0.349 e. The molecule has 76 valence electrons. The molecule has 0 aromatic heterocycles. The molecule has 0 aromatic rings. The lowest BCUT2D eigenvalue weighted by atomic mass is 10.1. The van der Waals surface area contributed by atoms with Crippen molar-refractivity contribution in [1.82, 2.24) is 0 Å². The summed E-state index contributed by atoms with van der Waals surface area (Å²) in [4.78, 5) is 22.0. The lowest BCUT2D eigenvalue weighted by Gasteiger charge is -2.18. The topological polar surface area (TPSA) is 72.8 Å². The van der Waals surface area contributed by atoms with E-state index in [0.29, 0.717) is 0 Å². The summed E-state index contributed by atoms with van der Waals surface area (Å²) in [5.74, 6) is -1.98. The van der Waals surface area contributed by atoms with Crippen LogP contribution in [0.5, 0.6) is 0 Å². The van der Waals surface area contributed by atoms with Gasteiger partial charge >= 0.3 is 11.9 Å². The third kappa shape index (κ3) is 3.02. The first-order chi connectivity index (χ1) is 5.96. The number of rotatable bonds is 4. The van der Waals surface area contributed by atoms with E-state index in [-0.39, 0.29) is 13.2 Å². The second kappa shape index (κ2) is 4.81. The Morgan fingerprint density at radius 1 is 1.15 bits per heavy atom. The van der Waals surface area contributed by atoms with Crippen LogP contribution >= 0.6 is 0 Å². The molecule has 0 amide bonds. The summed E-state index contributed by atoms with van der Waals surface area (Å²) in [7, 11) is 0. The van der Waals surface area contributed by atoms with Gasteiger partial charge < -0.3 is 14.6 Å². The minimum absolute atomic E-state index is 0.106. The molecule has 0 rings (SSSR count). The Balaban J connectivity index is 4.36. The highest BCUT2D eigenvalue weighted by Crippen LogP contribution is 2.08. The molecule has 5 nitrogen and oxygen atoms in total. The van der Waals surface area contributed by atoms with Crippen molar-refractivity contribution in [2.24, 2.45) is 0 Å². The molecule has 0 bridgehead atoms. The normalized spacial score (nSPS) is 10.8. The van der Waals surface area contributed by atoms with Crippen molar-refractivity contribution in [3.63, 3.8) is 0 Å². The average molecular weight is 190 g/mol. The molecule has 1 N–H and O–H groups in total. The fourth-order valence-electron chi connectivity index (χ4n) is 0.627. The van der Waals surface area contributed by atoms with Crippen LogP contribution in [-0.4, -0.2) is 35.9 Å². The van der Waals surface area contributed by atoms with Gasteiger partial charge in [-0.1, -0.05) is 0 Å². The molecule has 0 heterocycles. The summed E-state index contributed by atoms with van der Waals surface area (Å²) in [6.07, 6.45) is 0. The fourth-order valence-corrected chi connectivity index (χ4v) is 0.627. The predicted octanol–water partition coefficient (Wildman–Crippen LogP) is -0.136. The minimum atomic E-state index is -2.20. The van der Waals surface area contributed by atoms with Gasteiger partial charge in [-0.15, -0.1) is 0 Å². The summed E-state index contributed by atoms with van der Waals surface area (Å²) in [6.45, 7) is 4.42. The first kappa shape index (κ1) is 11.9. The predicted molar refractivity (Wildman–Crippen MR) is 43.9 cm³/mol. The molecular weight excluding hydrogens is 176 g/mol. The van der Waals surface area contributed by atoms with E-state index in [9.17, 15) is 14.7 Å². The van der Waals surface area contributed by atoms with E-state index in [1.165, 1.54) is 0 Å². The lowest BCUT2D eigenvalue weighted by Crippen LogP contribution is -2.46. The monoisotopic (exact) mass is 190 g/mol. The van der Waals surface area contributed by atoms with Gasteiger partial charge in [-0.25, -0.2) is 9.59 Å². The van der Waals surface area contributed by atoms with Crippen molar-refractivity contribution >= 4 is 11.9 Å². The van der Waals surface area contributed by atoms with Crippen LogP contribution in [0, 0.1) is 0 Å². The summed E-state index contributed by atoms with van der Waals surface area (Å²) in [5.41, 5.74) is -2.20. The largest absolute Gasteiger partial charge is 0.463 e. The van der Waals surface area contributed by atoms with Gasteiger partial charge in [0.25, 0.3) is 5.60 Å². The number of hydrogen-bond acceptors (Lipinski definition) is 5. The Hall–Kier alpha value is -1.10. The van der Waals surface area contributed by atoms with Gasteiger partial charge in [0.1, 0.15) is 0 Å². The average Bonchev–Trinajstić information content (AvgIpc) is 2.05. The Bertz CT molecular complexity index is 177. The molecule has 0 fully saturated rings. The molecule has 5 heteroatoms. The van der Waals surface area contributed by atoms with E-state index in [4.69, 9.17) is 0 Å². The molecule has 0 aliphatic rings. The Labute approximate surface area is 76.6 Å². The van der Waals surface area contributed by atoms with Crippen molar-refractivity contribution in [3.05, 3.63) is 0 Å². The Morgan fingerprint density at radius 3 is 1.69 bits per heavy atom. The van der Waals surface area contributed by atoms with E-state index in [2.05, 4.69) is 9.47 Å². The first-order valence-corrected chi connectivity index (χ1v) is 4.03. The summed E-state index contributed by atoms with van der Waals surface area (Å²) < 4.78 is 8.97. The molecule has 0 aliphatic heterocycles. The van der Waals surface area contributed by atoms with Gasteiger partial charge in [0.2, 0.25) is 0 Å². The molecule has 13 heavy (non-hydrogen) atoms. The van der Waals surface area contributed by atoms with Crippen molar-refractivity contribution < 1.29 is 24.2 Å². The van der Waals surface area contributed by atoms with Gasteiger partial charge in [-0.3, -0.25) is 0 Å². The second-order valence-electron chi connectivity index (χ2n) is 2.51. The SMILES string of the molecule is CCOC(=O)C(C)(O)C(=O)OCC. The van der Waals surface area contributed by atoms with E-state index in [0.717, 1.165) is 6.92 Å². The van der Waals surface area contributed by atoms with Crippen molar-refractivity contribution in [1.29, 1.82) is 0 Å². The van der Waals surface area contributed by atoms with Crippen LogP contribution < -0.4 is 0 Å². The summed E-state index contributed by atoms with van der Waals surface area (Å²) >= 11 is 0. The van der Waals surface area contributed by atoms with E-state index < -0.39 is 17.5 Å². The third-order valence-electron chi connectivity index (χ3n) is 1.35. The number of aliphatic hydroxyl groups is 1. The van der Waals surface area contributed by atoms with Crippen LogP contribution in [-0.2, 0) is 19.1 Å². The Morgan fingerprint density at radius 2 is 1.46 bits per heavy atom. The number of carbonyl (C=O) groups excluding carboxylic acids is 2. The molecule has 0 atom stereocenters. The number of ether oxygens (including phenoxy) is 2. The lowest BCUT2D eigenvalue weighted by molar-refractivity contribution is -0.181. The van der Waals surface area contributed by atoms with Gasteiger partial charge in [0.05, 0.1) is 13.2 Å². The molecule has 0 spiro atoms. The quantitative estimate of drug-likeness (QED) is 0.493. The summed E-state index contributed by atoms with van der Waals surface area (Å²) in [5, 5.41) is 9.36. The third-order valence-corrected chi connectivity index (χ3v) is 1.35. The van der Waals surface area contributed by atoms with E-state index in [1.807, 2.05) is 0 Å². The zero-order valence-corrected chi connectivity index (χ0v) is 7.99. The minimum Gasteiger partial charge on any atom is -0.463 e. The molecule has 0 saturated carbocycles. The van der Waals surface area contributed by atoms with Crippen molar-refractivity contribution in [3.8, 4) is 0 Å². The van der Waals surface area contributed by atoms with Gasteiger partial charge in [-0.2, -0.15) is 0 Å². The van der Waals surface area contributed by atoms with Crippen molar-refractivity contribution in [2.45, 2.75) is 26.4 Å². The maximum absolute atomic E-state index is 11.0. The maximum atomic E-state index is 11.0. The highest BCUT2D eigenvalue weighted by atomic mass is 16.6. The number of carbonyl (C=O) groups is 2. The van der Waals surface area contributed by atoms with Gasteiger partial charge in [0.15, 0.2) is 0 Å². The van der Waals surface area contributed by atoms with Crippen LogP contribution in [0.4, 0.5) is 0 Å². The second-order valence-corrected chi connectivity index (χ2v) is 2.51. The highest BCUT2D eigenvalue weighted by Gasteiger charge is 2.42. The van der Waals surface area contributed by atoms with Crippen LogP contribution in [0.1, 0.15) is 20.8 Å². The van der Waals surface area contributed by atoms with Gasteiger partial charge in [-0.05, 0) is 20.8 Å². The van der Waals surface area contributed by atoms with Crippen LogP contribution in [0.15, 0.2) is 0 Å². The molecule has 0 aromatic carbocycles. The zero-order valence-electron chi connectivity index (χ0n) is 7.99. The number of hydrogen-bond donors (Lipinski definition) is 1. The smallest absolute Gasteiger partial charge is 0.349 e. The van der Waals surface area contributed by atoms with Crippen LogP contribution in [0.2, 0.25) is 0 Å². The van der Waals surface area contributed by atoms with Gasteiger partial charge in [0, 0.05) is 0 Å². The van der Waals surface area contributed by atoms with Crippen LogP contribution in [0.25, 0.3) is 0 Å². The van der Waals surface area contributed by atoms with Crippen LogP contribution in [0.3, 0.4) is 0 Å². The molecule has 0 unspecified atom stereocenters. The van der Waals surface area contributed by atoms with E-state index >= 15 is 0 Å². The molecule has 0 saturated heterocycles. The zero-order chi connectivity index (χ0) is 10.5. The molecule has 0 aliphatic carbocycles.